The SMILES string of the molecule is CCCCC/C=C\C/C=C\C/C=C\CCCCCCCCC(=O)OC(COC(=O)CCCCCCCCCCCCCCCCCCCCC/C=C\C/C=C\CCCCCCC)COC(OCC[N+](C)(C)C)C(=O)O. The number of hydrogen-bond acceptors (Lipinski definition) is 7. The number of ether oxygens (including phenoxy) is 4. The van der Waals surface area contributed by atoms with E-state index in [0.717, 1.165) is 77.0 Å². The fraction of sp³-hybridized carbons (Fsp3) is 0.803. The molecule has 9 nitrogen and oxygen atoms in total. The number of esters is 2. The third-order valence-corrected chi connectivity index (χ3v) is 13.7. The molecule has 0 amide bonds. The molecule has 2 unspecified atom stereocenters. The van der Waals surface area contributed by atoms with Crippen LogP contribution in [-0.4, -0.2) is 87.4 Å². The van der Waals surface area contributed by atoms with Crippen LogP contribution < -0.4 is 0 Å². The first-order chi connectivity index (χ1) is 36.6. The Hall–Kier alpha value is -3.01. The van der Waals surface area contributed by atoms with Crippen LogP contribution in [0.4, 0.5) is 0 Å². The molecule has 0 aliphatic rings. The van der Waals surface area contributed by atoms with Crippen molar-refractivity contribution in [3.63, 3.8) is 0 Å². The van der Waals surface area contributed by atoms with Crippen molar-refractivity contribution in [3.8, 4) is 0 Å². The number of carbonyl (C=O) groups excluding carboxylic acids is 2. The summed E-state index contributed by atoms with van der Waals surface area (Å²) in [5.41, 5.74) is 0. The largest absolute Gasteiger partial charge is 0.477 e. The summed E-state index contributed by atoms with van der Waals surface area (Å²) in [5, 5.41) is 9.71. The van der Waals surface area contributed by atoms with Crippen molar-refractivity contribution < 1.29 is 42.9 Å². The molecule has 75 heavy (non-hydrogen) atoms. The molecule has 0 spiro atoms. The fourth-order valence-corrected chi connectivity index (χ4v) is 8.88. The quantitative estimate of drug-likeness (QED) is 0.0211. The van der Waals surface area contributed by atoms with Gasteiger partial charge in [-0.15, -0.1) is 0 Å². The smallest absolute Gasteiger partial charge is 0.361 e. The zero-order valence-corrected chi connectivity index (χ0v) is 49.7. The summed E-state index contributed by atoms with van der Waals surface area (Å²) in [7, 11) is 5.97. The number of likely N-dealkylation sites (N-methyl/N-ethyl adjacent to an activating group) is 1. The average molecular weight is 1060 g/mol. The zero-order valence-electron chi connectivity index (χ0n) is 49.7. The third kappa shape index (κ3) is 58.5. The van der Waals surface area contributed by atoms with E-state index < -0.39 is 24.3 Å². The molecule has 0 aliphatic heterocycles. The number of hydrogen-bond donors (Lipinski definition) is 1. The molecule has 0 fully saturated rings. The first kappa shape index (κ1) is 72.0. The standard InChI is InChI=1S/C66H119NO8/c1-6-8-10-12-14-16-18-20-22-24-26-27-28-29-30-31-32-33-34-35-36-37-39-40-42-44-46-48-50-52-54-56-63(68)73-60-62(61-74-66(65(70)71)72-59-58-67(3,4)5)75-64(69)57-55-53-51-49-47-45-43-41-38-25-23-21-19-17-15-13-11-9-7-2/h15,17-18,20-21,23-24,26,38,41,62,66H,6-14,16,19,22,25,27-37,39-40,42-61H2,1-5H3/p+1/b17-15-,20-18-,23-21-,26-24-,41-38-. The van der Waals surface area contributed by atoms with Gasteiger partial charge in [0.1, 0.15) is 13.2 Å². The molecule has 0 rings (SSSR count). The van der Waals surface area contributed by atoms with Gasteiger partial charge in [0.2, 0.25) is 0 Å². The monoisotopic (exact) mass is 1050 g/mol. The minimum absolute atomic E-state index is 0.184. The summed E-state index contributed by atoms with van der Waals surface area (Å²) in [6.07, 6.45) is 70.3. The maximum absolute atomic E-state index is 12.9. The van der Waals surface area contributed by atoms with Crippen LogP contribution in [0.1, 0.15) is 284 Å². The van der Waals surface area contributed by atoms with Gasteiger partial charge in [-0.05, 0) is 83.5 Å². The normalized spacial score (nSPS) is 13.1. The number of nitrogens with zero attached hydrogens (tertiary/aromatic N) is 1. The maximum Gasteiger partial charge on any atom is 0.361 e. The summed E-state index contributed by atoms with van der Waals surface area (Å²) >= 11 is 0. The van der Waals surface area contributed by atoms with Gasteiger partial charge in [0.25, 0.3) is 6.29 Å². The molecular formula is C66H120NO8+. The molecule has 0 radical (unpaired) electrons. The Balaban J connectivity index is 4.13. The molecule has 0 aromatic rings. The lowest BCUT2D eigenvalue weighted by molar-refractivity contribution is -0.870. The van der Waals surface area contributed by atoms with E-state index in [1.807, 2.05) is 21.1 Å². The van der Waals surface area contributed by atoms with E-state index in [1.54, 1.807) is 0 Å². The first-order valence-corrected chi connectivity index (χ1v) is 31.5. The maximum atomic E-state index is 12.9. The molecule has 436 valence electrons. The zero-order chi connectivity index (χ0) is 54.8. The number of carboxylic acid groups (broad SMARTS) is 1. The lowest BCUT2D eigenvalue weighted by Crippen LogP contribution is -2.40. The Morgan fingerprint density at radius 1 is 0.400 bits per heavy atom. The lowest BCUT2D eigenvalue weighted by Gasteiger charge is -2.25. The van der Waals surface area contributed by atoms with Crippen molar-refractivity contribution in [2.24, 2.45) is 0 Å². The number of carboxylic acids is 1. The van der Waals surface area contributed by atoms with Crippen molar-refractivity contribution in [3.05, 3.63) is 60.8 Å². The summed E-state index contributed by atoms with van der Waals surface area (Å²) < 4.78 is 22.9. The Labute approximate surface area is 463 Å². The molecule has 0 aromatic heterocycles. The summed E-state index contributed by atoms with van der Waals surface area (Å²) in [4.78, 5) is 37.5. The van der Waals surface area contributed by atoms with E-state index in [0.29, 0.717) is 23.9 Å². The van der Waals surface area contributed by atoms with Crippen molar-refractivity contribution in [1.82, 2.24) is 0 Å². The second-order valence-electron chi connectivity index (χ2n) is 22.4. The van der Waals surface area contributed by atoms with Crippen molar-refractivity contribution in [2.45, 2.75) is 296 Å². The fourth-order valence-electron chi connectivity index (χ4n) is 8.88. The Morgan fingerprint density at radius 2 is 0.720 bits per heavy atom. The number of unbranched alkanes of at least 4 members (excludes halogenated alkanes) is 33. The molecule has 1 N–H and O–H groups in total. The summed E-state index contributed by atoms with van der Waals surface area (Å²) in [5.74, 6) is -2.01. The van der Waals surface area contributed by atoms with Gasteiger partial charge in [-0.3, -0.25) is 9.59 Å². The molecule has 0 saturated carbocycles. The Kier molecular flexibility index (Phi) is 54.9. The third-order valence-electron chi connectivity index (χ3n) is 13.7. The number of aliphatic carboxylic acids is 1. The van der Waals surface area contributed by atoms with Crippen molar-refractivity contribution in [2.75, 3.05) is 47.5 Å². The first-order valence-electron chi connectivity index (χ1n) is 31.5. The van der Waals surface area contributed by atoms with Crippen molar-refractivity contribution >= 4 is 17.9 Å². The Morgan fingerprint density at radius 3 is 1.09 bits per heavy atom. The van der Waals surface area contributed by atoms with E-state index in [-0.39, 0.29) is 32.2 Å². The second kappa shape index (κ2) is 57.2. The van der Waals surface area contributed by atoms with E-state index in [4.69, 9.17) is 18.9 Å². The lowest BCUT2D eigenvalue weighted by atomic mass is 10.0. The number of allylic oxidation sites excluding steroid dienone is 10. The van der Waals surface area contributed by atoms with Crippen LogP contribution in [0, 0.1) is 0 Å². The van der Waals surface area contributed by atoms with Gasteiger partial charge in [-0.25, -0.2) is 4.79 Å². The van der Waals surface area contributed by atoms with Crippen molar-refractivity contribution in [1.29, 1.82) is 0 Å². The predicted octanol–water partition coefficient (Wildman–Crippen LogP) is 18.8. The van der Waals surface area contributed by atoms with Gasteiger partial charge in [0.05, 0.1) is 34.4 Å². The molecule has 0 bridgehead atoms. The van der Waals surface area contributed by atoms with Crippen LogP contribution in [-0.2, 0) is 33.3 Å². The topological polar surface area (TPSA) is 108 Å². The van der Waals surface area contributed by atoms with Crippen LogP contribution >= 0.6 is 0 Å². The summed E-state index contributed by atoms with van der Waals surface area (Å²) in [6, 6.07) is 0. The van der Waals surface area contributed by atoms with E-state index in [1.165, 1.54) is 173 Å². The van der Waals surface area contributed by atoms with Crippen LogP contribution in [0.15, 0.2) is 60.8 Å². The van der Waals surface area contributed by atoms with Gasteiger partial charge in [-0.1, -0.05) is 248 Å². The second-order valence-corrected chi connectivity index (χ2v) is 22.4. The molecule has 0 aliphatic carbocycles. The number of rotatable bonds is 58. The van der Waals surface area contributed by atoms with Crippen LogP contribution in [0.5, 0.6) is 0 Å². The van der Waals surface area contributed by atoms with E-state index in [9.17, 15) is 19.5 Å². The molecule has 0 saturated heterocycles. The van der Waals surface area contributed by atoms with Gasteiger partial charge in [-0.2, -0.15) is 0 Å². The van der Waals surface area contributed by atoms with Gasteiger partial charge >= 0.3 is 17.9 Å². The van der Waals surface area contributed by atoms with Crippen LogP contribution in [0.3, 0.4) is 0 Å². The van der Waals surface area contributed by atoms with Crippen LogP contribution in [0.25, 0.3) is 0 Å². The van der Waals surface area contributed by atoms with E-state index in [2.05, 4.69) is 74.6 Å². The highest BCUT2D eigenvalue weighted by Crippen LogP contribution is 2.17. The highest BCUT2D eigenvalue weighted by molar-refractivity contribution is 5.71. The van der Waals surface area contributed by atoms with Gasteiger partial charge in [0.15, 0.2) is 6.10 Å². The minimum Gasteiger partial charge on any atom is -0.477 e. The molecule has 2 atom stereocenters. The summed E-state index contributed by atoms with van der Waals surface area (Å²) in [6.45, 7) is 4.85. The minimum atomic E-state index is -1.51. The predicted molar refractivity (Wildman–Crippen MR) is 318 cm³/mol. The van der Waals surface area contributed by atoms with Gasteiger partial charge < -0.3 is 28.5 Å². The van der Waals surface area contributed by atoms with Gasteiger partial charge in [0, 0.05) is 12.8 Å². The molecule has 0 aromatic carbocycles. The highest BCUT2D eigenvalue weighted by atomic mass is 16.7. The average Bonchev–Trinajstić information content (AvgIpc) is 3.38. The molecule has 9 heteroatoms. The molecule has 0 heterocycles. The van der Waals surface area contributed by atoms with Crippen LogP contribution in [0.2, 0.25) is 0 Å². The van der Waals surface area contributed by atoms with E-state index >= 15 is 0 Å². The molecular weight excluding hydrogens is 935 g/mol. The highest BCUT2D eigenvalue weighted by Gasteiger charge is 2.25. The Bertz CT molecular complexity index is 1410. The number of carbonyl (C=O) groups is 3. The number of quaternary nitrogens is 1.